The maximum atomic E-state index is 13.0. The Bertz CT molecular complexity index is 1350. The van der Waals surface area contributed by atoms with Crippen LogP contribution >= 0.6 is 7.82 Å². The third-order valence-electron chi connectivity index (χ3n) is 15.6. The molecule has 0 saturated heterocycles. The zero-order valence-electron chi connectivity index (χ0n) is 52.2. The van der Waals surface area contributed by atoms with E-state index < -0.39 is 20.0 Å². The lowest BCUT2D eigenvalue weighted by atomic mass is 10.0. The molecule has 0 aliphatic carbocycles. The molecule has 2 N–H and O–H groups in total. The van der Waals surface area contributed by atoms with Crippen molar-refractivity contribution in [2.75, 3.05) is 40.9 Å². The highest BCUT2D eigenvalue weighted by molar-refractivity contribution is 7.45. The lowest BCUT2D eigenvalue weighted by Crippen LogP contribution is -2.46. The topological polar surface area (TPSA) is 108 Å². The lowest BCUT2D eigenvalue weighted by Gasteiger charge is -2.30. The number of quaternary nitrogens is 1. The quantitative estimate of drug-likeness (QED) is 0.0272. The molecule has 3 unspecified atom stereocenters. The van der Waals surface area contributed by atoms with Crippen molar-refractivity contribution in [3.05, 3.63) is 36.5 Å². The van der Waals surface area contributed by atoms with E-state index in [0.29, 0.717) is 23.9 Å². The highest BCUT2D eigenvalue weighted by atomic mass is 31.2. The number of amides is 1. The summed E-state index contributed by atoms with van der Waals surface area (Å²) in [5, 5.41) is 14.1. The van der Waals surface area contributed by atoms with Gasteiger partial charge in [0.25, 0.3) is 7.82 Å². The first-order chi connectivity index (χ1) is 37.5. The van der Waals surface area contributed by atoms with Gasteiger partial charge < -0.3 is 28.8 Å². The molecule has 0 aliphatic rings. The third-order valence-corrected chi connectivity index (χ3v) is 16.6. The Hall–Kier alpha value is -1.28. The van der Waals surface area contributed by atoms with Crippen LogP contribution in [0.25, 0.3) is 0 Å². The van der Waals surface area contributed by atoms with E-state index in [9.17, 15) is 19.4 Å². The Balaban J connectivity index is 3.93. The van der Waals surface area contributed by atoms with Gasteiger partial charge in [-0.15, -0.1) is 0 Å². The number of aliphatic hydroxyl groups is 1. The molecule has 0 aromatic carbocycles. The minimum atomic E-state index is -4.57. The molecular formula is C68H133N2O6P. The molecule has 0 saturated carbocycles. The zero-order chi connectivity index (χ0) is 56.3. The second kappa shape index (κ2) is 59.3. The van der Waals surface area contributed by atoms with Crippen molar-refractivity contribution in [1.29, 1.82) is 0 Å². The van der Waals surface area contributed by atoms with Crippen LogP contribution in [-0.2, 0) is 18.4 Å². The molecule has 456 valence electrons. The minimum Gasteiger partial charge on any atom is -0.756 e. The number of allylic oxidation sites excluding steroid dienone is 6. The van der Waals surface area contributed by atoms with Crippen LogP contribution in [0.1, 0.15) is 341 Å². The van der Waals surface area contributed by atoms with Crippen molar-refractivity contribution in [1.82, 2.24) is 5.32 Å². The van der Waals surface area contributed by atoms with Gasteiger partial charge in [-0.05, 0) is 51.4 Å². The van der Waals surface area contributed by atoms with Crippen LogP contribution in [0.15, 0.2) is 36.5 Å². The molecule has 0 aliphatic heterocycles. The van der Waals surface area contributed by atoms with Crippen molar-refractivity contribution in [2.24, 2.45) is 0 Å². The number of carbonyl (C=O) groups is 1. The van der Waals surface area contributed by atoms with E-state index in [-0.39, 0.29) is 19.1 Å². The van der Waals surface area contributed by atoms with Crippen LogP contribution in [0.4, 0.5) is 0 Å². The summed E-state index contributed by atoms with van der Waals surface area (Å²) < 4.78 is 23.5. The number of carbonyl (C=O) groups excluding carboxylic acids is 1. The molecule has 0 heterocycles. The van der Waals surface area contributed by atoms with E-state index in [1.807, 2.05) is 21.1 Å². The Kier molecular flexibility index (Phi) is 58.4. The summed E-state index contributed by atoms with van der Waals surface area (Å²) in [4.78, 5) is 25.6. The number of phosphoric ester groups is 1. The smallest absolute Gasteiger partial charge is 0.268 e. The Morgan fingerprint density at radius 3 is 1.09 bits per heavy atom. The Morgan fingerprint density at radius 1 is 0.455 bits per heavy atom. The molecule has 0 fully saturated rings. The minimum absolute atomic E-state index is 0.0145. The van der Waals surface area contributed by atoms with Gasteiger partial charge in [-0.2, -0.15) is 0 Å². The molecule has 3 atom stereocenters. The summed E-state index contributed by atoms with van der Waals surface area (Å²) in [6.07, 6.45) is 77.9. The molecule has 0 rings (SSSR count). The first-order valence-corrected chi connectivity index (χ1v) is 35.3. The van der Waals surface area contributed by atoms with Crippen molar-refractivity contribution in [2.45, 2.75) is 353 Å². The normalized spacial score (nSPS) is 13.9. The number of unbranched alkanes of at least 4 members (excludes halogenated alkanes) is 44. The van der Waals surface area contributed by atoms with Crippen molar-refractivity contribution in [3.63, 3.8) is 0 Å². The van der Waals surface area contributed by atoms with E-state index in [2.05, 4.69) is 55.6 Å². The molecule has 1 amide bonds. The molecule has 0 radical (unpaired) electrons. The predicted molar refractivity (Wildman–Crippen MR) is 335 cm³/mol. The fraction of sp³-hybridized carbons (Fsp3) is 0.897. The standard InChI is InChI=1S/C68H133N2O6P/c1-6-8-10-12-14-16-18-20-22-24-26-27-28-29-30-31-32-33-34-35-36-37-38-39-40-41-42-43-44-46-48-50-52-54-56-58-60-62-68(72)69-66(65-76-77(73,74)75-64-63-70(3,4)5)67(71)61-59-57-55-53-51-49-47-45-25-23-21-19-17-15-13-11-9-7-2/h18,20,24,26,28-29,66-67,71H,6-17,19,21-23,25,27,30-65H2,1-5H3,(H-,69,72,73,74)/b20-18-,26-24-,29-28-. The molecule has 9 heteroatoms. The van der Waals surface area contributed by atoms with Gasteiger partial charge in [0.15, 0.2) is 0 Å². The van der Waals surface area contributed by atoms with Gasteiger partial charge in [-0.3, -0.25) is 9.36 Å². The predicted octanol–water partition coefficient (Wildman–Crippen LogP) is 20.6. The number of rotatable bonds is 63. The summed E-state index contributed by atoms with van der Waals surface area (Å²) in [5.41, 5.74) is 0. The van der Waals surface area contributed by atoms with Gasteiger partial charge in [-0.25, -0.2) is 0 Å². The van der Waals surface area contributed by atoms with Crippen molar-refractivity contribution < 1.29 is 32.9 Å². The lowest BCUT2D eigenvalue weighted by molar-refractivity contribution is -0.870. The first kappa shape index (κ1) is 75.7. The van der Waals surface area contributed by atoms with Crippen LogP contribution in [0.2, 0.25) is 0 Å². The molecule has 0 aromatic rings. The summed E-state index contributed by atoms with van der Waals surface area (Å²) in [6.45, 7) is 4.76. The Labute approximate surface area is 480 Å². The number of likely N-dealkylation sites (N-methyl/N-ethyl adjacent to an activating group) is 1. The number of hydrogen-bond acceptors (Lipinski definition) is 6. The number of aliphatic hydroxyl groups excluding tert-OH is 1. The van der Waals surface area contributed by atoms with Gasteiger partial charge in [0.05, 0.1) is 39.9 Å². The highest BCUT2D eigenvalue weighted by Crippen LogP contribution is 2.38. The fourth-order valence-corrected chi connectivity index (χ4v) is 11.1. The van der Waals surface area contributed by atoms with Crippen LogP contribution in [0, 0.1) is 0 Å². The monoisotopic (exact) mass is 1100 g/mol. The van der Waals surface area contributed by atoms with E-state index in [1.165, 1.54) is 263 Å². The number of nitrogens with one attached hydrogen (secondary N) is 1. The number of hydrogen-bond donors (Lipinski definition) is 2. The van der Waals surface area contributed by atoms with Crippen LogP contribution in [0.5, 0.6) is 0 Å². The third kappa shape index (κ3) is 62.2. The maximum absolute atomic E-state index is 13.0. The van der Waals surface area contributed by atoms with Gasteiger partial charge >= 0.3 is 0 Å². The van der Waals surface area contributed by atoms with E-state index in [1.54, 1.807) is 0 Å². The maximum Gasteiger partial charge on any atom is 0.268 e. The second-order valence-corrected chi connectivity index (χ2v) is 25.9. The largest absolute Gasteiger partial charge is 0.756 e. The van der Waals surface area contributed by atoms with Crippen molar-refractivity contribution >= 4 is 13.7 Å². The SMILES string of the molecule is CCCCCCC/C=C\C/C=C\C/C=C\CCCCCCCCCCCCCCCCCCCCCCCCC(=O)NC(COP(=O)([O-])OCC[N+](C)(C)C)C(O)CCCCCCCCCCCCCCCCCCCC. The first-order valence-electron chi connectivity index (χ1n) is 33.8. The van der Waals surface area contributed by atoms with Crippen molar-refractivity contribution in [3.8, 4) is 0 Å². The molecular weight excluding hydrogens is 972 g/mol. The van der Waals surface area contributed by atoms with Crippen LogP contribution in [-0.4, -0.2) is 68.5 Å². The highest BCUT2D eigenvalue weighted by Gasteiger charge is 2.24. The second-order valence-electron chi connectivity index (χ2n) is 24.5. The van der Waals surface area contributed by atoms with E-state index in [0.717, 1.165) is 51.4 Å². The van der Waals surface area contributed by atoms with E-state index in [4.69, 9.17) is 9.05 Å². The van der Waals surface area contributed by atoms with Crippen LogP contribution < -0.4 is 10.2 Å². The summed E-state index contributed by atoms with van der Waals surface area (Å²) in [7, 11) is 1.32. The molecule has 0 spiro atoms. The number of phosphoric acid groups is 1. The summed E-state index contributed by atoms with van der Waals surface area (Å²) in [5.74, 6) is -0.158. The summed E-state index contributed by atoms with van der Waals surface area (Å²) >= 11 is 0. The average Bonchev–Trinajstić information content (AvgIpc) is 3.39. The zero-order valence-corrected chi connectivity index (χ0v) is 53.1. The van der Waals surface area contributed by atoms with Gasteiger partial charge in [0.2, 0.25) is 5.91 Å². The van der Waals surface area contributed by atoms with Gasteiger partial charge in [0, 0.05) is 6.42 Å². The Morgan fingerprint density at radius 2 is 0.753 bits per heavy atom. The van der Waals surface area contributed by atoms with Crippen LogP contribution in [0.3, 0.4) is 0 Å². The molecule has 8 nitrogen and oxygen atoms in total. The van der Waals surface area contributed by atoms with Gasteiger partial charge in [0.1, 0.15) is 13.2 Å². The fourth-order valence-electron chi connectivity index (χ4n) is 10.3. The summed E-state index contributed by atoms with van der Waals surface area (Å²) in [6, 6.07) is -0.799. The van der Waals surface area contributed by atoms with E-state index >= 15 is 0 Å². The molecule has 0 bridgehead atoms. The average molecular weight is 1110 g/mol. The number of nitrogens with zero attached hydrogens (tertiary/aromatic N) is 1. The molecule has 77 heavy (non-hydrogen) atoms. The molecule has 0 aromatic heterocycles. The van der Waals surface area contributed by atoms with Gasteiger partial charge in [-0.1, -0.05) is 320 Å².